The van der Waals surface area contributed by atoms with E-state index in [1.807, 2.05) is 6.92 Å². The minimum Gasteiger partial charge on any atom is -0.410 e. The summed E-state index contributed by atoms with van der Waals surface area (Å²) in [7, 11) is 0. The highest BCUT2D eigenvalue weighted by molar-refractivity contribution is 6.30. The standard InChI is InChI=1S/C14H19ClN2O3/c1-3-5-8-16-14(18)20-13-7-6-12(15)9-11(13)10-17-19-4-2/h6-7,9-10H,3-5,8H2,1-2H3,(H,16,18)/b17-10+. The summed E-state index contributed by atoms with van der Waals surface area (Å²) in [5, 5.41) is 6.95. The maximum absolute atomic E-state index is 11.6. The Morgan fingerprint density at radius 3 is 2.95 bits per heavy atom. The third-order valence-corrected chi connectivity index (χ3v) is 2.60. The lowest BCUT2D eigenvalue weighted by Crippen LogP contribution is -2.27. The Morgan fingerprint density at radius 2 is 2.25 bits per heavy atom. The predicted molar refractivity (Wildman–Crippen MR) is 79.6 cm³/mol. The molecule has 0 radical (unpaired) electrons. The molecule has 110 valence electrons. The zero-order valence-electron chi connectivity index (χ0n) is 11.7. The molecular weight excluding hydrogens is 280 g/mol. The zero-order valence-corrected chi connectivity index (χ0v) is 12.4. The quantitative estimate of drug-likeness (QED) is 0.475. The highest BCUT2D eigenvalue weighted by Crippen LogP contribution is 2.21. The van der Waals surface area contributed by atoms with Crippen LogP contribution in [0, 0.1) is 0 Å². The molecule has 1 N–H and O–H groups in total. The number of nitrogens with zero attached hydrogens (tertiary/aromatic N) is 1. The highest BCUT2D eigenvalue weighted by atomic mass is 35.5. The fourth-order valence-corrected chi connectivity index (χ4v) is 1.57. The summed E-state index contributed by atoms with van der Waals surface area (Å²) in [6.45, 7) is 4.93. The maximum atomic E-state index is 11.6. The second kappa shape index (κ2) is 9.20. The normalized spacial score (nSPS) is 10.6. The Labute approximate surface area is 123 Å². The number of hydrogen-bond acceptors (Lipinski definition) is 4. The molecule has 0 aromatic heterocycles. The minimum atomic E-state index is -0.494. The van der Waals surface area contributed by atoms with Crippen molar-refractivity contribution in [2.45, 2.75) is 26.7 Å². The molecule has 1 amide bonds. The molecule has 1 aromatic carbocycles. The SMILES string of the molecule is CCCCNC(=O)Oc1ccc(Cl)cc1/C=N/OCC. The molecular formula is C14H19ClN2O3. The van der Waals surface area contributed by atoms with Crippen LogP contribution < -0.4 is 10.1 Å². The van der Waals surface area contributed by atoms with Crippen LogP contribution in [-0.2, 0) is 4.84 Å². The van der Waals surface area contributed by atoms with E-state index in [-0.39, 0.29) is 0 Å². The van der Waals surface area contributed by atoms with Crippen molar-refractivity contribution in [3.8, 4) is 5.75 Å². The number of carbonyl (C=O) groups is 1. The number of amides is 1. The molecule has 0 unspecified atom stereocenters. The molecule has 0 aliphatic heterocycles. The van der Waals surface area contributed by atoms with Crippen molar-refractivity contribution in [2.75, 3.05) is 13.2 Å². The molecule has 0 spiro atoms. The van der Waals surface area contributed by atoms with E-state index in [9.17, 15) is 4.79 Å². The average Bonchev–Trinajstić information content (AvgIpc) is 2.42. The molecule has 1 rings (SSSR count). The molecule has 20 heavy (non-hydrogen) atoms. The molecule has 0 saturated carbocycles. The molecule has 0 fully saturated rings. The van der Waals surface area contributed by atoms with Crippen molar-refractivity contribution >= 4 is 23.9 Å². The summed E-state index contributed by atoms with van der Waals surface area (Å²) in [4.78, 5) is 16.5. The van der Waals surface area contributed by atoms with E-state index in [0.29, 0.717) is 29.5 Å². The van der Waals surface area contributed by atoms with Crippen molar-refractivity contribution < 1.29 is 14.4 Å². The van der Waals surface area contributed by atoms with Crippen LogP contribution in [-0.4, -0.2) is 25.5 Å². The predicted octanol–water partition coefficient (Wildman–Crippen LogP) is 3.60. The van der Waals surface area contributed by atoms with E-state index in [4.69, 9.17) is 21.2 Å². The van der Waals surface area contributed by atoms with Gasteiger partial charge in [-0.05, 0) is 31.5 Å². The van der Waals surface area contributed by atoms with Crippen LogP contribution in [0.5, 0.6) is 5.75 Å². The Hall–Kier alpha value is -1.75. The first kappa shape index (κ1) is 16.3. The van der Waals surface area contributed by atoms with E-state index >= 15 is 0 Å². The highest BCUT2D eigenvalue weighted by Gasteiger charge is 2.08. The topological polar surface area (TPSA) is 59.9 Å². The van der Waals surface area contributed by atoms with Crippen molar-refractivity contribution in [2.24, 2.45) is 5.16 Å². The van der Waals surface area contributed by atoms with Gasteiger partial charge >= 0.3 is 6.09 Å². The van der Waals surface area contributed by atoms with Crippen LogP contribution in [0.3, 0.4) is 0 Å². The zero-order chi connectivity index (χ0) is 14.8. The van der Waals surface area contributed by atoms with E-state index in [0.717, 1.165) is 12.8 Å². The number of hydrogen-bond donors (Lipinski definition) is 1. The number of ether oxygens (including phenoxy) is 1. The van der Waals surface area contributed by atoms with Gasteiger partial charge in [0.1, 0.15) is 12.4 Å². The Kier molecular flexibility index (Phi) is 7.50. The van der Waals surface area contributed by atoms with Crippen LogP contribution in [0.4, 0.5) is 4.79 Å². The molecule has 0 heterocycles. The number of oxime groups is 1. The molecule has 5 nitrogen and oxygen atoms in total. The number of unbranched alkanes of at least 4 members (excludes halogenated alkanes) is 1. The van der Waals surface area contributed by atoms with Gasteiger partial charge < -0.3 is 14.9 Å². The number of halogens is 1. The second-order valence-electron chi connectivity index (χ2n) is 4.00. The van der Waals surface area contributed by atoms with Gasteiger partial charge in [0, 0.05) is 17.1 Å². The molecule has 0 aliphatic rings. The first-order valence-corrected chi connectivity index (χ1v) is 6.95. The maximum Gasteiger partial charge on any atom is 0.412 e. The summed E-state index contributed by atoms with van der Waals surface area (Å²) >= 11 is 5.91. The lowest BCUT2D eigenvalue weighted by molar-refractivity contribution is 0.160. The van der Waals surface area contributed by atoms with Crippen LogP contribution in [0.25, 0.3) is 0 Å². The smallest absolute Gasteiger partial charge is 0.410 e. The fraction of sp³-hybridized carbons (Fsp3) is 0.429. The number of nitrogens with one attached hydrogen (secondary N) is 1. The largest absolute Gasteiger partial charge is 0.412 e. The minimum absolute atomic E-state index is 0.381. The lowest BCUT2D eigenvalue weighted by Gasteiger charge is -2.08. The number of benzene rings is 1. The molecule has 0 saturated heterocycles. The van der Waals surface area contributed by atoms with Crippen molar-refractivity contribution in [1.29, 1.82) is 0 Å². The van der Waals surface area contributed by atoms with E-state index in [1.54, 1.807) is 18.2 Å². The van der Waals surface area contributed by atoms with Crippen molar-refractivity contribution in [3.05, 3.63) is 28.8 Å². The summed E-state index contributed by atoms with van der Waals surface area (Å²) < 4.78 is 5.22. The third kappa shape index (κ3) is 5.93. The van der Waals surface area contributed by atoms with Gasteiger partial charge in [-0.3, -0.25) is 0 Å². The van der Waals surface area contributed by atoms with Gasteiger partial charge in [0.05, 0.1) is 6.21 Å². The van der Waals surface area contributed by atoms with Crippen molar-refractivity contribution in [1.82, 2.24) is 5.32 Å². The first-order chi connectivity index (χ1) is 9.67. The van der Waals surface area contributed by atoms with Gasteiger partial charge in [0.25, 0.3) is 0 Å². The molecule has 6 heteroatoms. The summed E-state index contributed by atoms with van der Waals surface area (Å²) in [5.41, 5.74) is 0.580. The van der Waals surface area contributed by atoms with E-state index < -0.39 is 6.09 Å². The molecule has 0 atom stereocenters. The Balaban J connectivity index is 2.70. The van der Waals surface area contributed by atoms with Crippen molar-refractivity contribution in [3.63, 3.8) is 0 Å². The lowest BCUT2D eigenvalue weighted by atomic mass is 10.2. The Morgan fingerprint density at radius 1 is 1.45 bits per heavy atom. The van der Waals surface area contributed by atoms with Gasteiger partial charge in [-0.25, -0.2) is 4.79 Å². The number of rotatable bonds is 7. The first-order valence-electron chi connectivity index (χ1n) is 6.58. The van der Waals surface area contributed by atoms with Gasteiger partial charge in [0.15, 0.2) is 0 Å². The van der Waals surface area contributed by atoms with Gasteiger partial charge in [-0.1, -0.05) is 30.1 Å². The molecule has 1 aromatic rings. The van der Waals surface area contributed by atoms with E-state index in [2.05, 4.69) is 17.4 Å². The fourth-order valence-electron chi connectivity index (χ4n) is 1.38. The van der Waals surface area contributed by atoms with Gasteiger partial charge in [-0.2, -0.15) is 0 Å². The van der Waals surface area contributed by atoms with Crippen LogP contribution in [0.1, 0.15) is 32.3 Å². The summed E-state index contributed by atoms with van der Waals surface area (Å²) in [5.74, 6) is 0.381. The van der Waals surface area contributed by atoms with Crippen LogP contribution >= 0.6 is 11.6 Å². The van der Waals surface area contributed by atoms with Gasteiger partial charge in [0.2, 0.25) is 0 Å². The Bertz CT molecular complexity index is 464. The van der Waals surface area contributed by atoms with E-state index in [1.165, 1.54) is 6.21 Å². The van der Waals surface area contributed by atoms with Gasteiger partial charge in [-0.15, -0.1) is 0 Å². The third-order valence-electron chi connectivity index (χ3n) is 2.37. The summed E-state index contributed by atoms with van der Waals surface area (Å²) in [6.07, 6.45) is 2.89. The monoisotopic (exact) mass is 298 g/mol. The number of carbonyl (C=O) groups excluding carboxylic acids is 1. The molecule has 0 aliphatic carbocycles. The van der Waals surface area contributed by atoms with Crippen LogP contribution in [0.2, 0.25) is 5.02 Å². The molecule has 0 bridgehead atoms. The average molecular weight is 299 g/mol. The summed E-state index contributed by atoms with van der Waals surface area (Å²) in [6, 6.07) is 4.92. The van der Waals surface area contributed by atoms with Crippen LogP contribution in [0.15, 0.2) is 23.4 Å². The second-order valence-corrected chi connectivity index (χ2v) is 4.44.